The molecule has 1 heterocycles. The Bertz CT molecular complexity index is 434. The third-order valence-electron chi connectivity index (χ3n) is 2.55. The number of hydrogen-bond acceptors (Lipinski definition) is 4. The molecule has 6 heteroatoms. The van der Waals surface area contributed by atoms with Crippen LogP contribution >= 0.6 is 0 Å². The van der Waals surface area contributed by atoms with E-state index in [-0.39, 0.29) is 5.69 Å². The van der Waals surface area contributed by atoms with Gasteiger partial charge in [0.25, 0.3) is 5.91 Å². The first kappa shape index (κ1) is 14.0. The van der Waals surface area contributed by atoms with Gasteiger partial charge >= 0.3 is 5.97 Å². The number of hydrogen-bond donors (Lipinski definition) is 3. The quantitative estimate of drug-likeness (QED) is 0.672. The molecule has 18 heavy (non-hydrogen) atoms. The van der Waals surface area contributed by atoms with Crippen LogP contribution in [0.25, 0.3) is 0 Å². The number of primary amides is 1. The van der Waals surface area contributed by atoms with Crippen LogP contribution < -0.4 is 11.1 Å². The molecule has 1 rings (SSSR count). The first-order valence-electron chi connectivity index (χ1n) is 5.77. The fourth-order valence-electron chi connectivity index (χ4n) is 1.58. The van der Waals surface area contributed by atoms with Crippen molar-refractivity contribution in [1.82, 2.24) is 4.98 Å². The van der Waals surface area contributed by atoms with Gasteiger partial charge in [0, 0.05) is 18.4 Å². The molecule has 0 bridgehead atoms. The Labute approximate surface area is 105 Å². The van der Waals surface area contributed by atoms with Crippen molar-refractivity contribution < 1.29 is 14.7 Å². The average molecular weight is 251 g/mol. The second kappa shape index (κ2) is 6.58. The lowest BCUT2D eigenvalue weighted by Gasteiger charge is -2.13. The molecule has 6 nitrogen and oxygen atoms in total. The first-order chi connectivity index (χ1) is 8.54. The normalized spacial score (nSPS) is 11.8. The predicted octanol–water partition coefficient (Wildman–Crippen LogP) is 1.09. The second-order valence-corrected chi connectivity index (χ2v) is 4.00. The fourth-order valence-corrected chi connectivity index (χ4v) is 1.58. The van der Waals surface area contributed by atoms with E-state index in [4.69, 9.17) is 10.8 Å². The van der Waals surface area contributed by atoms with Gasteiger partial charge in [-0.1, -0.05) is 13.3 Å². The molecular weight excluding hydrogens is 234 g/mol. The van der Waals surface area contributed by atoms with Crippen LogP contribution in [0.1, 0.15) is 30.3 Å². The fraction of sp³-hybridized carbons (Fsp3) is 0.417. The lowest BCUT2D eigenvalue weighted by molar-refractivity contribution is -0.141. The summed E-state index contributed by atoms with van der Waals surface area (Å²) in [5.74, 6) is -1.88. The number of aliphatic carboxylic acids is 1. The number of nitrogens with zero attached hydrogens (tertiary/aromatic N) is 1. The number of aromatic nitrogens is 1. The minimum absolute atomic E-state index is 0.155. The van der Waals surface area contributed by atoms with Crippen LogP contribution in [-0.2, 0) is 4.79 Å². The van der Waals surface area contributed by atoms with Crippen LogP contribution in [0.3, 0.4) is 0 Å². The van der Waals surface area contributed by atoms with Crippen molar-refractivity contribution >= 4 is 17.6 Å². The highest BCUT2D eigenvalue weighted by molar-refractivity contribution is 5.91. The number of carboxylic acids is 1. The molecular formula is C12H17N3O3. The number of nitrogens with two attached hydrogens (primary N) is 1. The van der Waals surface area contributed by atoms with E-state index in [1.807, 2.05) is 6.92 Å². The summed E-state index contributed by atoms with van der Waals surface area (Å²) >= 11 is 0. The number of rotatable bonds is 7. The van der Waals surface area contributed by atoms with Gasteiger partial charge in [0.1, 0.15) is 5.69 Å². The minimum Gasteiger partial charge on any atom is -0.481 e. The van der Waals surface area contributed by atoms with Gasteiger partial charge in [0.2, 0.25) is 0 Å². The van der Waals surface area contributed by atoms with E-state index in [0.29, 0.717) is 18.7 Å². The molecule has 0 fully saturated rings. The Morgan fingerprint density at radius 1 is 1.56 bits per heavy atom. The highest BCUT2D eigenvalue weighted by Gasteiger charge is 2.15. The van der Waals surface area contributed by atoms with E-state index in [1.54, 1.807) is 6.07 Å². The zero-order chi connectivity index (χ0) is 13.5. The van der Waals surface area contributed by atoms with Gasteiger partial charge < -0.3 is 16.2 Å². The lowest BCUT2D eigenvalue weighted by atomic mass is 10.0. The van der Waals surface area contributed by atoms with E-state index in [9.17, 15) is 9.59 Å². The van der Waals surface area contributed by atoms with Gasteiger partial charge in [-0.2, -0.15) is 0 Å². The third kappa shape index (κ3) is 4.04. The smallest absolute Gasteiger partial charge is 0.308 e. The van der Waals surface area contributed by atoms with Crippen molar-refractivity contribution in [3.8, 4) is 0 Å². The van der Waals surface area contributed by atoms with E-state index in [1.165, 1.54) is 12.3 Å². The summed E-state index contributed by atoms with van der Waals surface area (Å²) in [5.41, 5.74) is 5.91. The highest BCUT2D eigenvalue weighted by Crippen LogP contribution is 2.11. The number of carbonyl (C=O) groups is 2. The molecule has 1 aromatic heterocycles. The Morgan fingerprint density at radius 3 is 2.83 bits per heavy atom. The molecule has 0 spiro atoms. The van der Waals surface area contributed by atoms with Gasteiger partial charge in [-0.3, -0.25) is 14.6 Å². The molecule has 4 N–H and O–H groups in total. The number of anilines is 1. The molecule has 1 unspecified atom stereocenters. The number of pyridine rings is 1. The summed E-state index contributed by atoms with van der Waals surface area (Å²) in [6.45, 7) is 2.25. The molecule has 1 amide bonds. The van der Waals surface area contributed by atoms with Gasteiger partial charge in [-0.15, -0.1) is 0 Å². The van der Waals surface area contributed by atoms with Crippen LogP contribution in [-0.4, -0.2) is 28.5 Å². The number of nitrogens with one attached hydrogen (secondary N) is 1. The molecule has 0 aliphatic rings. The van der Waals surface area contributed by atoms with Crippen molar-refractivity contribution in [2.24, 2.45) is 11.7 Å². The maximum atomic E-state index is 11.0. The molecule has 1 atom stereocenters. The first-order valence-corrected chi connectivity index (χ1v) is 5.77. The Kier molecular flexibility index (Phi) is 5.10. The summed E-state index contributed by atoms with van der Waals surface area (Å²) in [5, 5.41) is 12.0. The van der Waals surface area contributed by atoms with E-state index < -0.39 is 17.8 Å². The molecule has 0 aromatic carbocycles. The molecule has 0 saturated heterocycles. The third-order valence-corrected chi connectivity index (χ3v) is 2.55. The molecule has 0 aliphatic heterocycles. The van der Waals surface area contributed by atoms with Crippen molar-refractivity contribution in [2.45, 2.75) is 19.8 Å². The maximum absolute atomic E-state index is 11.0. The summed E-state index contributed by atoms with van der Waals surface area (Å²) in [6.07, 6.45) is 2.87. The molecule has 0 saturated carbocycles. The van der Waals surface area contributed by atoms with E-state index in [0.717, 1.165) is 6.42 Å². The Hall–Kier alpha value is -2.11. The predicted molar refractivity (Wildman–Crippen MR) is 67.3 cm³/mol. The SMILES string of the molecule is CCCC(CNc1ccnc(C(N)=O)c1)C(=O)O. The van der Waals surface area contributed by atoms with Gasteiger partial charge in [0.15, 0.2) is 0 Å². The monoisotopic (exact) mass is 251 g/mol. The van der Waals surface area contributed by atoms with Crippen molar-refractivity contribution in [2.75, 3.05) is 11.9 Å². The molecule has 98 valence electrons. The summed E-state index contributed by atoms with van der Waals surface area (Å²) < 4.78 is 0. The lowest BCUT2D eigenvalue weighted by Crippen LogP contribution is -2.23. The van der Waals surface area contributed by atoms with E-state index >= 15 is 0 Å². The standard InChI is InChI=1S/C12H17N3O3/c1-2-3-8(12(17)18)7-15-9-4-5-14-10(6-9)11(13)16/h4-6,8H,2-3,7H2,1H3,(H2,13,16)(H,14,15)(H,17,18). The zero-order valence-electron chi connectivity index (χ0n) is 10.2. The molecule has 1 aromatic rings. The summed E-state index contributed by atoms with van der Waals surface area (Å²) in [6, 6.07) is 3.17. The van der Waals surface area contributed by atoms with Crippen LogP contribution in [0, 0.1) is 5.92 Å². The average Bonchev–Trinajstić information content (AvgIpc) is 2.34. The van der Waals surface area contributed by atoms with Crippen molar-refractivity contribution in [1.29, 1.82) is 0 Å². The topological polar surface area (TPSA) is 105 Å². The Balaban J connectivity index is 2.64. The molecule has 0 radical (unpaired) electrons. The van der Waals surface area contributed by atoms with Crippen LogP contribution in [0.2, 0.25) is 0 Å². The molecule has 0 aliphatic carbocycles. The summed E-state index contributed by atoms with van der Waals surface area (Å²) in [4.78, 5) is 25.7. The van der Waals surface area contributed by atoms with Crippen molar-refractivity contribution in [3.63, 3.8) is 0 Å². The van der Waals surface area contributed by atoms with Crippen LogP contribution in [0.5, 0.6) is 0 Å². The van der Waals surface area contributed by atoms with E-state index in [2.05, 4.69) is 10.3 Å². The van der Waals surface area contributed by atoms with Gasteiger partial charge in [-0.25, -0.2) is 0 Å². The Morgan fingerprint density at radius 2 is 2.28 bits per heavy atom. The summed E-state index contributed by atoms with van der Waals surface area (Å²) in [7, 11) is 0. The van der Waals surface area contributed by atoms with Crippen molar-refractivity contribution in [3.05, 3.63) is 24.0 Å². The second-order valence-electron chi connectivity index (χ2n) is 4.00. The largest absolute Gasteiger partial charge is 0.481 e. The van der Waals surface area contributed by atoms with Gasteiger partial charge in [-0.05, 0) is 18.6 Å². The minimum atomic E-state index is -0.825. The van der Waals surface area contributed by atoms with Crippen LogP contribution in [0.15, 0.2) is 18.3 Å². The zero-order valence-corrected chi connectivity index (χ0v) is 10.2. The van der Waals surface area contributed by atoms with Gasteiger partial charge in [0.05, 0.1) is 5.92 Å². The van der Waals surface area contributed by atoms with Crippen LogP contribution in [0.4, 0.5) is 5.69 Å². The number of amides is 1. The number of carboxylic acid groups (broad SMARTS) is 1. The number of carbonyl (C=O) groups excluding carboxylic acids is 1. The highest BCUT2D eigenvalue weighted by atomic mass is 16.4. The maximum Gasteiger partial charge on any atom is 0.308 e.